The van der Waals surface area contributed by atoms with Gasteiger partial charge in [0.25, 0.3) is 0 Å². The van der Waals surface area contributed by atoms with Gasteiger partial charge >= 0.3 is 0 Å². The number of nitrogens with one attached hydrogen (secondary N) is 1. The highest BCUT2D eigenvalue weighted by atomic mass is 16.3. The molecule has 2 N–H and O–H groups in total. The average molecular weight is 242 g/mol. The summed E-state index contributed by atoms with van der Waals surface area (Å²) in [5.74, 6) is 0.790. The summed E-state index contributed by atoms with van der Waals surface area (Å²) >= 11 is 0. The van der Waals surface area contributed by atoms with Crippen LogP contribution in [-0.4, -0.2) is 48.8 Å². The van der Waals surface area contributed by atoms with E-state index < -0.39 is 0 Å². The highest BCUT2D eigenvalue weighted by Gasteiger charge is 2.27. The van der Waals surface area contributed by atoms with Crippen molar-refractivity contribution in [2.24, 2.45) is 5.92 Å². The predicted octanol–water partition coefficient (Wildman–Crippen LogP) is 1.86. The van der Waals surface area contributed by atoms with E-state index in [1.165, 1.54) is 32.1 Å². The van der Waals surface area contributed by atoms with Crippen molar-refractivity contribution in [2.75, 3.05) is 32.8 Å². The van der Waals surface area contributed by atoms with E-state index in [-0.39, 0.29) is 0 Å². The standard InChI is InChI=1S/C14H30N2O/c1-3-5-9-16(10-11-17)12-13-7-6-8-14(13)15-4-2/h13-15,17H,3-12H2,1-2H3. The summed E-state index contributed by atoms with van der Waals surface area (Å²) in [7, 11) is 0. The first-order chi connectivity index (χ1) is 8.31. The van der Waals surface area contributed by atoms with Crippen molar-refractivity contribution >= 4 is 0 Å². The van der Waals surface area contributed by atoms with Crippen LogP contribution in [0.1, 0.15) is 46.0 Å². The van der Waals surface area contributed by atoms with E-state index in [1.54, 1.807) is 0 Å². The Morgan fingerprint density at radius 3 is 2.71 bits per heavy atom. The zero-order valence-corrected chi connectivity index (χ0v) is 11.6. The summed E-state index contributed by atoms with van der Waals surface area (Å²) < 4.78 is 0. The Morgan fingerprint density at radius 2 is 2.06 bits per heavy atom. The molecule has 0 aliphatic heterocycles. The molecule has 0 spiro atoms. The molecule has 1 aliphatic rings. The van der Waals surface area contributed by atoms with Gasteiger partial charge in [-0.3, -0.25) is 0 Å². The summed E-state index contributed by atoms with van der Waals surface area (Å²) in [5, 5.41) is 12.7. The van der Waals surface area contributed by atoms with Gasteiger partial charge in [0.15, 0.2) is 0 Å². The first-order valence-electron chi connectivity index (χ1n) is 7.38. The van der Waals surface area contributed by atoms with Crippen LogP contribution >= 0.6 is 0 Å². The van der Waals surface area contributed by atoms with Gasteiger partial charge in [-0.05, 0) is 38.3 Å². The predicted molar refractivity (Wildman–Crippen MR) is 73.2 cm³/mol. The fourth-order valence-corrected chi connectivity index (χ4v) is 2.94. The normalized spacial score (nSPS) is 24.7. The highest BCUT2D eigenvalue weighted by Crippen LogP contribution is 2.26. The van der Waals surface area contributed by atoms with Gasteiger partial charge in [-0.2, -0.15) is 0 Å². The molecule has 0 aromatic rings. The van der Waals surface area contributed by atoms with Gasteiger partial charge in [0.1, 0.15) is 0 Å². The van der Waals surface area contributed by atoms with Crippen LogP contribution in [-0.2, 0) is 0 Å². The SMILES string of the molecule is CCCCN(CCO)CC1CCCC1NCC. The van der Waals surface area contributed by atoms with E-state index in [9.17, 15) is 0 Å². The van der Waals surface area contributed by atoms with E-state index in [0.717, 1.165) is 32.1 Å². The lowest BCUT2D eigenvalue weighted by atomic mass is 10.0. The van der Waals surface area contributed by atoms with Crippen LogP contribution in [0.15, 0.2) is 0 Å². The number of aliphatic hydroxyl groups is 1. The van der Waals surface area contributed by atoms with Crippen molar-refractivity contribution in [1.29, 1.82) is 0 Å². The molecule has 102 valence electrons. The molecule has 0 amide bonds. The zero-order chi connectivity index (χ0) is 12.5. The molecule has 1 aliphatic carbocycles. The van der Waals surface area contributed by atoms with Crippen molar-refractivity contribution in [3.63, 3.8) is 0 Å². The third kappa shape index (κ3) is 5.36. The number of hydrogen-bond donors (Lipinski definition) is 2. The Bertz CT molecular complexity index is 187. The van der Waals surface area contributed by atoms with E-state index in [4.69, 9.17) is 5.11 Å². The molecule has 0 heterocycles. The first kappa shape index (κ1) is 14.9. The van der Waals surface area contributed by atoms with Crippen molar-refractivity contribution in [1.82, 2.24) is 10.2 Å². The fraction of sp³-hybridized carbons (Fsp3) is 1.00. The second-order valence-corrected chi connectivity index (χ2v) is 5.23. The van der Waals surface area contributed by atoms with E-state index in [0.29, 0.717) is 12.6 Å². The van der Waals surface area contributed by atoms with Gasteiger partial charge in [-0.15, -0.1) is 0 Å². The maximum absolute atomic E-state index is 9.12. The molecule has 2 atom stereocenters. The van der Waals surface area contributed by atoms with E-state index in [1.807, 2.05) is 0 Å². The van der Waals surface area contributed by atoms with Gasteiger partial charge in [0.05, 0.1) is 6.61 Å². The lowest BCUT2D eigenvalue weighted by molar-refractivity contribution is 0.165. The Morgan fingerprint density at radius 1 is 1.24 bits per heavy atom. The quantitative estimate of drug-likeness (QED) is 0.648. The average Bonchev–Trinajstić information content (AvgIpc) is 2.74. The Labute approximate surface area is 107 Å². The topological polar surface area (TPSA) is 35.5 Å². The minimum atomic E-state index is 0.294. The molecule has 0 aromatic carbocycles. The summed E-state index contributed by atoms with van der Waals surface area (Å²) in [5.41, 5.74) is 0. The number of rotatable bonds is 9. The highest BCUT2D eigenvalue weighted by molar-refractivity contribution is 4.84. The van der Waals surface area contributed by atoms with Crippen molar-refractivity contribution in [3.05, 3.63) is 0 Å². The largest absolute Gasteiger partial charge is 0.395 e. The molecule has 1 rings (SSSR count). The molecule has 0 bridgehead atoms. The van der Waals surface area contributed by atoms with Crippen LogP contribution in [0.3, 0.4) is 0 Å². The summed E-state index contributed by atoms with van der Waals surface area (Å²) in [4.78, 5) is 2.45. The molecule has 0 saturated heterocycles. The van der Waals surface area contributed by atoms with Crippen LogP contribution in [0.4, 0.5) is 0 Å². The summed E-state index contributed by atoms with van der Waals surface area (Å²) in [6.45, 7) is 8.95. The molecule has 0 aromatic heterocycles. The first-order valence-corrected chi connectivity index (χ1v) is 7.38. The molecule has 3 nitrogen and oxygen atoms in total. The molecule has 2 unspecified atom stereocenters. The number of aliphatic hydroxyl groups excluding tert-OH is 1. The third-order valence-corrected chi connectivity index (χ3v) is 3.86. The third-order valence-electron chi connectivity index (χ3n) is 3.86. The molecule has 0 radical (unpaired) electrons. The van der Waals surface area contributed by atoms with Gasteiger partial charge in [0, 0.05) is 19.1 Å². The number of unbranched alkanes of at least 4 members (excludes halogenated alkanes) is 1. The molecule has 3 heteroatoms. The van der Waals surface area contributed by atoms with Crippen molar-refractivity contribution < 1.29 is 5.11 Å². The van der Waals surface area contributed by atoms with Crippen LogP contribution in [0.5, 0.6) is 0 Å². The van der Waals surface area contributed by atoms with Gasteiger partial charge in [0.2, 0.25) is 0 Å². The van der Waals surface area contributed by atoms with Crippen LogP contribution < -0.4 is 5.32 Å². The Kier molecular flexibility index (Phi) is 7.82. The van der Waals surface area contributed by atoms with Crippen LogP contribution in [0.25, 0.3) is 0 Å². The lowest BCUT2D eigenvalue weighted by Crippen LogP contribution is -2.40. The van der Waals surface area contributed by atoms with E-state index >= 15 is 0 Å². The number of nitrogens with zero attached hydrogens (tertiary/aromatic N) is 1. The second-order valence-electron chi connectivity index (χ2n) is 5.23. The van der Waals surface area contributed by atoms with E-state index in [2.05, 4.69) is 24.1 Å². The maximum Gasteiger partial charge on any atom is 0.0558 e. The molecular weight excluding hydrogens is 212 g/mol. The smallest absolute Gasteiger partial charge is 0.0558 e. The van der Waals surface area contributed by atoms with Gasteiger partial charge in [-0.1, -0.05) is 26.7 Å². The molecular formula is C14H30N2O. The van der Waals surface area contributed by atoms with Gasteiger partial charge in [-0.25, -0.2) is 0 Å². The van der Waals surface area contributed by atoms with Gasteiger partial charge < -0.3 is 15.3 Å². The molecule has 17 heavy (non-hydrogen) atoms. The van der Waals surface area contributed by atoms with Crippen LogP contribution in [0, 0.1) is 5.92 Å². The minimum absolute atomic E-state index is 0.294. The fourth-order valence-electron chi connectivity index (χ4n) is 2.94. The summed E-state index contributed by atoms with van der Waals surface area (Å²) in [6, 6.07) is 0.711. The Balaban J connectivity index is 2.35. The second kappa shape index (κ2) is 8.90. The zero-order valence-electron chi connectivity index (χ0n) is 11.6. The van der Waals surface area contributed by atoms with Crippen molar-refractivity contribution in [2.45, 2.75) is 52.0 Å². The summed E-state index contributed by atoms with van der Waals surface area (Å²) in [6.07, 6.45) is 6.54. The maximum atomic E-state index is 9.12. The molecule has 1 fully saturated rings. The number of hydrogen-bond acceptors (Lipinski definition) is 3. The molecule has 1 saturated carbocycles. The monoisotopic (exact) mass is 242 g/mol. The lowest BCUT2D eigenvalue weighted by Gasteiger charge is -2.28. The van der Waals surface area contributed by atoms with Crippen molar-refractivity contribution in [3.8, 4) is 0 Å². The minimum Gasteiger partial charge on any atom is -0.395 e. The Hall–Kier alpha value is -0.120. The van der Waals surface area contributed by atoms with Crippen LogP contribution in [0.2, 0.25) is 0 Å².